The molecule has 148 valence electrons. The van der Waals surface area contributed by atoms with Gasteiger partial charge in [0.05, 0.1) is 17.0 Å². The SMILES string of the molecule is Cc1cccc(N2C(=O)c3oc4ccc(Cl)cc4c(=O)c3[C@H]2c2cccc(Cl)c2)n1. The van der Waals surface area contributed by atoms with Crippen LogP contribution in [0.15, 0.2) is 69.9 Å². The Morgan fingerprint density at radius 2 is 1.73 bits per heavy atom. The van der Waals surface area contributed by atoms with Crippen LogP contribution in [0.25, 0.3) is 11.0 Å². The lowest BCUT2D eigenvalue weighted by molar-refractivity contribution is 0.0970. The largest absolute Gasteiger partial charge is 0.450 e. The van der Waals surface area contributed by atoms with Crippen molar-refractivity contribution in [2.24, 2.45) is 0 Å². The van der Waals surface area contributed by atoms with E-state index in [0.29, 0.717) is 32.4 Å². The van der Waals surface area contributed by atoms with E-state index in [1.807, 2.05) is 25.1 Å². The van der Waals surface area contributed by atoms with Crippen molar-refractivity contribution in [3.05, 3.63) is 104 Å². The molecule has 5 rings (SSSR count). The maximum Gasteiger partial charge on any atom is 0.296 e. The van der Waals surface area contributed by atoms with Crippen LogP contribution in [0.3, 0.4) is 0 Å². The van der Waals surface area contributed by atoms with E-state index in [0.717, 1.165) is 5.69 Å². The summed E-state index contributed by atoms with van der Waals surface area (Å²) in [5.41, 5.74) is 1.69. The van der Waals surface area contributed by atoms with Gasteiger partial charge in [-0.25, -0.2) is 4.98 Å². The Kier molecular flexibility index (Phi) is 4.38. The van der Waals surface area contributed by atoms with E-state index in [4.69, 9.17) is 27.6 Å². The minimum Gasteiger partial charge on any atom is -0.450 e. The molecule has 0 spiro atoms. The van der Waals surface area contributed by atoms with Gasteiger partial charge in [-0.3, -0.25) is 14.5 Å². The fourth-order valence-corrected chi connectivity index (χ4v) is 4.21. The standard InChI is InChI=1S/C23H14Cl2N2O3/c1-12-4-2-7-18(26-12)27-20(13-5-3-6-14(24)10-13)19-21(28)16-11-15(25)8-9-17(16)30-22(19)23(27)29/h2-11,20H,1H3/t20-/m1/s1. The van der Waals surface area contributed by atoms with Crippen LogP contribution in [0.4, 0.5) is 5.82 Å². The van der Waals surface area contributed by atoms with Gasteiger partial charge in [-0.05, 0) is 55.0 Å². The van der Waals surface area contributed by atoms with Gasteiger partial charge in [0.2, 0.25) is 5.76 Å². The Morgan fingerprint density at radius 3 is 2.50 bits per heavy atom. The number of aryl methyl sites for hydroxylation is 1. The van der Waals surface area contributed by atoms with Crippen molar-refractivity contribution < 1.29 is 9.21 Å². The summed E-state index contributed by atoms with van der Waals surface area (Å²) in [7, 11) is 0. The lowest BCUT2D eigenvalue weighted by atomic mass is 9.98. The van der Waals surface area contributed by atoms with Crippen LogP contribution in [0.1, 0.15) is 33.4 Å². The third-order valence-corrected chi connectivity index (χ3v) is 5.59. The van der Waals surface area contributed by atoms with Gasteiger partial charge in [-0.15, -0.1) is 0 Å². The topological polar surface area (TPSA) is 63.4 Å². The molecule has 5 nitrogen and oxygen atoms in total. The third kappa shape index (κ3) is 2.90. The fraction of sp³-hybridized carbons (Fsp3) is 0.0870. The number of rotatable bonds is 2. The molecule has 0 saturated carbocycles. The van der Waals surface area contributed by atoms with E-state index in [1.54, 1.807) is 42.5 Å². The number of fused-ring (bicyclic) bond motifs is 2. The highest BCUT2D eigenvalue weighted by Gasteiger charge is 2.44. The summed E-state index contributed by atoms with van der Waals surface area (Å²) in [4.78, 5) is 32.9. The number of nitrogens with zero attached hydrogens (tertiary/aromatic N) is 2. The van der Waals surface area contributed by atoms with Gasteiger partial charge in [0.1, 0.15) is 11.4 Å². The fourth-order valence-electron chi connectivity index (χ4n) is 3.84. The number of pyridine rings is 1. The van der Waals surface area contributed by atoms with E-state index in [-0.39, 0.29) is 16.8 Å². The molecule has 0 unspecified atom stereocenters. The van der Waals surface area contributed by atoms with Crippen molar-refractivity contribution in [1.29, 1.82) is 0 Å². The van der Waals surface area contributed by atoms with Gasteiger partial charge >= 0.3 is 0 Å². The first-order valence-electron chi connectivity index (χ1n) is 9.23. The summed E-state index contributed by atoms with van der Waals surface area (Å²) in [5.74, 6) is 0.00277. The molecule has 1 amide bonds. The number of carbonyl (C=O) groups is 1. The number of anilines is 1. The minimum atomic E-state index is -0.722. The molecule has 0 N–H and O–H groups in total. The molecule has 7 heteroatoms. The number of benzene rings is 2. The Bertz CT molecular complexity index is 1400. The monoisotopic (exact) mass is 436 g/mol. The summed E-state index contributed by atoms with van der Waals surface area (Å²) < 4.78 is 5.91. The second-order valence-electron chi connectivity index (χ2n) is 7.08. The lowest BCUT2D eigenvalue weighted by Crippen LogP contribution is -2.30. The van der Waals surface area contributed by atoms with Crippen LogP contribution >= 0.6 is 23.2 Å². The Hall–Kier alpha value is -3.15. The molecule has 1 aliphatic rings. The van der Waals surface area contributed by atoms with Crippen LogP contribution in [0.2, 0.25) is 10.0 Å². The zero-order valence-electron chi connectivity index (χ0n) is 15.7. The maximum atomic E-state index is 13.5. The highest BCUT2D eigenvalue weighted by atomic mass is 35.5. The zero-order chi connectivity index (χ0) is 21.0. The van der Waals surface area contributed by atoms with Crippen LogP contribution in [-0.2, 0) is 0 Å². The van der Waals surface area contributed by atoms with Crippen LogP contribution in [-0.4, -0.2) is 10.9 Å². The average molecular weight is 437 g/mol. The quantitative estimate of drug-likeness (QED) is 0.412. The number of hydrogen-bond acceptors (Lipinski definition) is 4. The second kappa shape index (κ2) is 6.97. The van der Waals surface area contributed by atoms with Crippen molar-refractivity contribution in [2.75, 3.05) is 4.90 Å². The molecule has 1 aliphatic heterocycles. The molecule has 0 radical (unpaired) electrons. The molecule has 0 aliphatic carbocycles. The van der Waals surface area contributed by atoms with Gasteiger partial charge in [-0.1, -0.05) is 41.4 Å². The molecular weight excluding hydrogens is 423 g/mol. The van der Waals surface area contributed by atoms with E-state index in [9.17, 15) is 9.59 Å². The van der Waals surface area contributed by atoms with E-state index in [2.05, 4.69) is 4.98 Å². The van der Waals surface area contributed by atoms with Crippen molar-refractivity contribution in [1.82, 2.24) is 4.98 Å². The van der Waals surface area contributed by atoms with E-state index < -0.39 is 11.9 Å². The number of aromatic nitrogens is 1. The Balaban J connectivity index is 1.84. The average Bonchev–Trinajstić information content (AvgIpc) is 3.01. The van der Waals surface area contributed by atoms with Crippen LogP contribution in [0, 0.1) is 6.92 Å². The van der Waals surface area contributed by atoms with Gasteiger partial charge in [-0.2, -0.15) is 0 Å². The number of halogens is 2. The summed E-state index contributed by atoms with van der Waals surface area (Å²) >= 11 is 12.3. The molecule has 1 atom stereocenters. The van der Waals surface area contributed by atoms with Crippen LogP contribution < -0.4 is 10.3 Å². The first kappa shape index (κ1) is 18.9. The van der Waals surface area contributed by atoms with Gasteiger partial charge in [0.25, 0.3) is 5.91 Å². The summed E-state index contributed by atoms with van der Waals surface area (Å²) in [6, 6.07) is 16.5. The second-order valence-corrected chi connectivity index (χ2v) is 7.96. The Morgan fingerprint density at radius 1 is 0.967 bits per heavy atom. The smallest absolute Gasteiger partial charge is 0.296 e. The van der Waals surface area contributed by atoms with Gasteiger partial charge in [0.15, 0.2) is 5.43 Å². The van der Waals surface area contributed by atoms with E-state index in [1.165, 1.54) is 4.90 Å². The third-order valence-electron chi connectivity index (χ3n) is 5.12. The number of hydrogen-bond donors (Lipinski definition) is 0. The molecule has 30 heavy (non-hydrogen) atoms. The first-order chi connectivity index (χ1) is 14.4. The summed E-state index contributed by atoms with van der Waals surface area (Å²) in [6.45, 7) is 1.84. The highest BCUT2D eigenvalue weighted by molar-refractivity contribution is 6.31. The maximum absolute atomic E-state index is 13.5. The molecule has 0 fully saturated rings. The molecule has 3 heterocycles. The lowest BCUT2D eigenvalue weighted by Gasteiger charge is -2.24. The first-order valence-corrected chi connectivity index (χ1v) is 9.98. The molecular formula is C23H14Cl2N2O3. The molecule has 2 aromatic carbocycles. The molecule has 0 bridgehead atoms. The van der Waals surface area contributed by atoms with Crippen molar-refractivity contribution in [3.8, 4) is 0 Å². The van der Waals surface area contributed by atoms with Crippen molar-refractivity contribution >= 4 is 45.9 Å². The van der Waals surface area contributed by atoms with Crippen molar-refractivity contribution in [3.63, 3.8) is 0 Å². The number of carbonyl (C=O) groups excluding carboxylic acids is 1. The molecule has 2 aromatic heterocycles. The Labute approximate surface area is 181 Å². The normalized spacial score (nSPS) is 15.6. The predicted octanol–water partition coefficient (Wildman–Crippen LogP) is 5.55. The van der Waals surface area contributed by atoms with Gasteiger partial charge < -0.3 is 4.42 Å². The van der Waals surface area contributed by atoms with Gasteiger partial charge in [0, 0.05) is 15.7 Å². The highest BCUT2D eigenvalue weighted by Crippen LogP contribution is 2.41. The predicted molar refractivity (Wildman–Crippen MR) is 117 cm³/mol. The summed E-state index contributed by atoms with van der Waals surface area (Å²) in [5, 5.41) is 1.23. The number of amides is 1. The minimum absolute atomic E-state index is 0.00287. The van der Waals surface area contributed by atoms with Crippen LogP contribution in [0.5, 0.6) is 0 Å². The van der Waals surface area contributed by atoms with E-state index >= 15 is 0 Å². The molecule has 4 aromatic rings. The molecule has 0 saturated heterocycles. The zero-order valence-corrected chi connectivity index (χ0v) is 17.2. The van der Waals surface area contributed by atoms with Crippen molar-refractivity contribution in [2.45, 2.75) is 13.0 Å². The summed E-state index contributed by atoms with van der Waals surface area (Å²) in [6.07, 6.45) is 0.